The second-order valence-electron chi connectivity index (χ2n) is 4.16. The Morgan fingerprint density at radius 3 is 3.05 bits per heavy atom. The molecule has 2 aromatic rings. The Balaban J connectivity index is 1.97. The minimum absolute atomic E-state index is 0.147. The monoisotopic (exact) mass is 287 g/mol. The van der Waals surface area contributed by atoms with Crippen molar-refractivity contribution >= 4 is 11.6 Å². The first kappa shape index (κ1) is 14.7. The molecule has 0 unspecified atom stereocenters. The maximum atomic E-state index is 13.5. The van der Waals surface area contributed by atoms with E-state index in [2.05, 4.69) is 27.5 Å². The minimum atomic E-state index is -0.448. The van der Waals surface area contributed by atoms with Crippen molar-refractivity contribution in [1.29, 1.82) is 0 Å². The predicted molar refractivity (Wildman–Crippen MR) is 75.6 cm³/mol. The van der Waals surface area contributed by atoms with Gasteiger partial charge in [-0.05, 0) is 18.2 Å². The number of aromatic nitrogens is 3. The molecule has 108 valence electrons. The molecule has 1 heterocycles. The number of nitrogens with zero attached hydrogens (tertiary/aromatic N) is 3. The van der Waals surface area contributed by atoms with Gasteiger partial charge in [0, 0.05) is 18.3 Å². The first-order chi connectivity index (χ1) is 10.2. The molecule has 1 amide bonds. The summed E-state index contributed by atoms with van der Waals surface area (Å²) in [6, 6.07) is 4.22. The fourth-order valence-corrected chi connectivity index (χ4v) is 1.64. The molecule has 0 fully saturated rings. The van der Waals surface area contributed by atoms with Gasteiger partial charge in [0.05, 0.1) is 24.8 Å². The highest BCUT2D eigenvalue weighted by atomic mass is 19.1. The molecule has 0 saturated heterocycles. The summed E-state index contributed by atoms with van der Waals surface area (Å²) in [4.78, 5) is 11.8. The van der Waals surface area contributed by atoms with E-state index in [1.807, 2.05) is 0 Å². The van der Waals surface area contributed by atoms with Crippen LogP contribution in [0, 0.1) is 17.7 Å². The van der Waals surface area contributed by atoms with Crippen molar-refractivity contribution in [3.8, 4) is 11.8 Å². The number of rotatable bonds is 4. The highest BCUT2D eigenvalue weighted by molar-refractivity contribution is 5.90. The van der Waals surface area contributed by atoms with Crippen LogP contribution in [0.15, 0.2) is 30.6 Å². The van der Waals surface area contributed by atoms with E-state index in [0.29, 0.717) is 12.2 Å². The number of halogens is 1. The van der Waals surface area contributed by atoms with Gasteiger partial charge in [-0.1, -0.05) is 17.1 Å². The Morgan fingerprint density at radius 1 is 1.48 bits per heavy atom. The van der Waals surface area contributed by atoms with Gasteiger partial charge in [0.1, 0.15) is 5.82 Å². The summed E-state index contributed by atoms with van der Waals surface area (Å²) in [6.07, 6.45) is 3.45. The lowest BCUT2D eigenvalue weighted by Gasteiger charge is -2.06. The van der Waals surface area contributed by atoms with Crippen molar-refractivity contribution in [2.45, 2.75) is 13.0 Å². The van der Waals surface area contributed by atoms with Crippen LogP contribution in [-0.2, 0) is 11.3 Å². The topological polar surface area (TPSA) is 85.8 Å². The highest BCUT2D eigenvalue weighted by Gasteiger charge is 2.06. The first-order valence-corrected chi connectivity index (χ1v) is 6.31. The zero-order chi connectivity index (χ0) is 15.1. The number of carbonyl (C=O) groups excluding carboxylic acids is 1. The van der Waals surface area contributed by atoms with Crippen LogP contribution in [0.5, 0.6) is 0 Å². The van der Waals surface area contributed by atoms with E-state index in [4.69, 9.17) is 5.73 Å². The highest BCUT2D eigenvalue weighted by Crippen LogP contribution is 2.14. The van der Waals surface area contributed by atoms with E-state index in [0.717, 1.165) is 0 Å². The fourth-order valence-electron chi connectivity index (χ4n) is 1.64. The lowest BCUT2D eigenvalue weighted by Crippen LogP contribution is -2.15. The van der Waals surface area contributed by atoms with Gasteiger partial charge in [-0.25, -0.2) is 4.39 Å². The Kier molecular flexibility index (Phi) is 5.01. The molecule has 0 aliphatic rings. The summed E-state index contributed by atoms with van der Waals surface area (Å²) in [5.41, 5.74) is 5.94. The molecule has 3 N–H and O–H groups in total. The number of benzene rings is 1. The van der Waals surface area contributed by atoms with Crippen molar-refractivity contribution in [2.75, 3.05) is 11.9 Å². The van der Waals surface area contributed by atoms with Gasteiger partial charge in [-0.2, -0.15) is 0 Å². The predicted octanol–water partition coefficient (Wildman–Crippen LogP) is 0.756. The number of amides is 1. The molecule has 2 rings (SSSR count). The van der Waals surface area contributed by atoms with Crippen molar-refractivity contribution < 1.29 is 9.18 Å². The number of nitrogens with one attached hydrogen (secondary N) is 1. The summed E-state index contributed by atoms with van der Waals surface area (Å²) in [6.45, 7) is 0.570. The summed E-state index contributed by atoms with van der Waals surface area (Å²) >= 11 is 0. The molecule has 1 aromatic carbocycles. The van der Waals surface area contributed by atoms with Gasteiger partial charge >= 0.3 is 0 Å². The summed E-state index contributed by atoms with van der Waals surface area (Å²) < 4.78 is 15.0. The molecular weight excluding hydrogens is 273 g/mol. The van der Waals surface area contributed by atoms with Gasteiger partial charge in [0.25, 0.3) is 0 Å². The van der Waals surface area contributed by atoms with Crippen LogP contribution in [0.1, 0.15) is 12.0 Å². The maximum Gasteiger partial charge on any atom is 0.226 e. The number of aryl methyl sites for hydroxylation is 1. The number of hydrogen-bond acceptors (Lipinski definition) is 4. The van der Waals surface area contributed by atoms with Crippen molar-refractivity contribution in [3.05, 3.63) is 42.0 Å². The molecule has 0 spiro atoms. The summed E-state index contributed by atoms with van der Waals surface area (Å²) in [7, 11) is 0. The number of carbonyl (C=O) groups is 1. The quantitative estimate of drug-likeness (QED) is 0.813. The van der Waals surface area contributed by atoms with E-state index in [-0.39, 0.29) is 24.4 Å². The Bertz CT molecular complexity index is 672. The van der Waals surface area contributed by atoms with Gasteiger partial charge in [0.15, 0.2) is 0 Å². The SMILES string of the molecule is NCC#Cc1cc(NC(=O)CCn2ccnn2)ccc1F. The second kappa shape index (κ2) is 7.17. The molecule has 6 nitrogen and oxygen atoms in total. The van der Waals surface area contributed by atoms with E-state index in [1.54, 1.807) is 17.1 Å². The van der Waals surface area contributed by atoms with Crippen LogP contribution in [0.25, 0.3) is 0 Å². The molecule has 0 radical (unpaired) electrons. The van der Waals surface area contributed by atoms with Gasteiger partial charge in [-0.15, -0.1) is 5.10 Å². The van der Waals surface area contributed by atoms with E-state index in [1.165, 1.54) is 18.2 Å². The molecule has 1 aromatic heterocycles. The maximum absolute atomic E-state index is 13.5. The Morgan fingerprint density at radius 2 is 2.33 bits per heavy atom. The molecule has 0 saturated carbocycles. The third-order valence-electron chi connectivity index (χ3n) is 2.62. The van der Waals surface area contributed by atoms with Gasteiger partial charge < -0.3 is 11.1 Å². The van der Waals surface area contributed by atoms with Crippen molar-refractivity contribution in [3.63, 3.8) is 0 Å². The number of nitrogens with two attached hydrogens (primary N) is 1. The van der Waals surface area contributed by atoms with Crippen LogP contribution in [-0.4, -0.2) is 27.4 Å². The minimum Gasteiger partial charge on any atom is -0.326 e. The lowest BCUT2D eigenvalue weighted by molar-refractivity contribution is -0.116. The molecule has 21 heavy (non-hydrogen) atoms. The third kappa shape index (κ3) is 4.40. The second-order valence-corrected chi connectivity index (χ2v) is 4.16. The molecule has 0 aliphatic heterocycles. The van der Waals surface area contributed by atoms with Crippen molar-refractivity contribution in [1.82, 2.24) is 15.0 Å². The molecule has 0 atom stereocenters. The summed E-state index contributed by atoms with van der Waals surface area (Å²) in [5.74, 6) is 4.55. The van der Waals surface area contributed by atoms with Crippen molar-refractivity contribution in [2.24, 2.45) is 5.73 Å². The Hall–Kier alpha value is -2.72. The largest absolute Gasteiger partial charge is 0.326 e. The standard InChI is InChI=1S/C14H14FN5O/c15-13-4-3-12(10-11(13)2-1-6-16)18-14(21)5-8-20-9-7-17-19-20/h3-4,7,9-10H,5-6,8,16H2,(H,18,21). The molecular formula is C14H14FN5O. The molecule has 0 bridgehead atoms. The normalized spacial score (nSPS) is 9.81. The van der Waals surface area contributed by atoms with E-state index in [9.17, 15) is 9.18 Å². The number of anilines is 1. The third-order valence-corrected chi connectivity index (χ3v) is 2.62. The van der Waals surface area contributed by atoms with Crippen LogP contribution >= 0.6 is 0 Å². The van der Waals surface area contributed by atoms with Gasteiger partial charge in [0.2, 0.25) is 5.91 Å². The lowest BCUT2D eigenvalue weighted by atomic mass is 10.2. The number of hydrogen-bond donors (Lipinski definition) is 2. The van der Waals surface area contributed by atoms with Crippen LogP contribution in [0.2, 0.25) is 0 Å². The first-order valence-electron chi connectivity index (χ1n) is 6.31. The zero-order valence-electron chi connectivity index (χ0n) is 11.2. The Labute approximate surface area is 121 Å². The smallest absolute Gasteiger partial charge is 0.226 e. The average Bonchev–Trinajstić information content (AvgIpc) is 2.99. The van der Waals surface area contributed by atoms with Crippen LogP contribution in [0.4, 0.5) is 10.1 Å². The van der Waals surface area contributed by atoms with Crippen LogP contribution in [0.3, 0.4) is 0 Å². The van der Waals surface area contributed by atoms with Gasteiger partial charge in [-0.3, -0.25) is 9.48 Å². The van der Waals surface area contributed by atoms with Crippen LogP contribution < -0.4 is 11.1 Å². The van der Waals surface area contributed by atoms with E-state index >= 15 is 0 Å². The fraction of sp³-hybridized carbons (Fsp3) is 0.214. The summed E-state index contributed by atoms with van der Waals surface area (Å²) in [5, 5.41) is 10.1. The zero-order valence-corrected chi connectivity index (χ0v) is 11.2. The van der Waals surface area contributed by atoms with E-state index < -0.39 is 5.82 Å². The molecule has 0 aliphatic carbocycles. The average molecular weight is 287 g/mol. The molecule has 7 heteroatoms.